The van der Waals surface area contributed by atoms with Crippen molar-refractivity contribution in [3.8, 4) is 0 Å². The summed E-state index contributed by atoms with van der Waals surface area (Å²) in [5, 5.41) is 12.5. The van der Waals surface area contributed by atoms with Crippen LogP contribution in [0.1, 0.15) is 11.3 Å². The highest BCUT2D eigenvalue weighted by atomic mass is 16.4. The molecule has 4 nitrogen and oxygen atoms in total. The van der Waals surface area contributed by atoms with Crippen molar-refractivity contribution in [2.24, 2.45) is 7.05 Å². The molecule has 0 aliphatic rings. The van der Waals surface area contributed by atoms with Crippen LogP contribution in [-0.4, -0.2) is 20.9 Å². The molecule has 0 spiro atoms. The lowest BCUT2D eigenvalue weighted by molar-refractivity contribution is -0.130. The van der Waals surface area contributed by atoms with E-state index in [9.17, 15) is 4.79 Å². The summed E-state index contributed by atoms with van der Waals surface area (Å²) in [4.78, 5) is 10.5. The van der Waals surface area contributed by atoms with E-state index < -0.39 is 5.97 Å². The molecular weight excluding hydrogens is 156 g/mol. The Morgan fingerprint density at radius 1 is 1.75 bits per heavy atom. The number of hydrogen-bond acceptors (Lipinski definition) is 2. The minimum absolute atomic E-state index is 0.0839. The molecular formula is C8H10N2O2. The van der Waals surface area contributed by atoms with Gasteiger partial charge in [0.05, 0.1) is 11.8 Å². The number of nitrogens with zero attached hydrogens (tertiary/aromatic N) is 2. The Kier molecular flexibility index (Phi) is 1.99. The van der Waals surface area contributed by atoms with Crippen molar-refractivity contribution in [2.75, 3.05) is 0 Å². The molecule has 0 saturated carbocycles. The summed E-state index contributed by atoms with van der Waals surface area (Å²) >= 11 is 0. The number of rotatable bonds is 2. The number of carboxylic acids is 1. The van der Waals surface area contributed by atoms with Gasteiger partial charge in [0.1, 0.15) is 0 Å². The van der Waals surface area contributed by atoms with Gasteiger partial charge in [-0.1, -0.05) is 6.58 Å². The zero-order valence-corrected chi connectivity index (χ0v) is 7.03. The van der Waals surface area contributed by atoms with E-state index in [1.165, 1.54) is 6.20 Å². The van der Waals surface area contributed by atoms with Gasteiger partial charge in [-0.3, -0.25) is 4.68 Å². The molecule has 4 heteroatoms. The standard InChI is InChI=1S/C8H10N2O2/c1-5(8(11)12)7-4-9-10(3)6(7)2/h4H,1H2,2-3H3,(H,11,12). The first-order chi connectivity index (χ1) is 5.54. The topological polar surface area (TPSA) is 55.1 Å². The van der Waals surface area contributed by atoms with Gasteiger partial charge in [-0.2, -0.15) is 5.10 Å². The smallest absolute Gasteiger partial charge is 0.335 e. The van der Waals surface area contributed by atoms with E-state index in [-0.39, 0.29) is 5.57 Å². The second-order valence-corrected chi connectivity index (χ2v) is 2.55. The molecule has 12 heavy (non-hydrogen) atoms. The normalized spacial score (nSPS) is 9.83. The number of hydrogen-bond donors (Lipinski definition) is 1. The number of aromatic nitrogens is 2. The van der Waals surface area contributed by atoms with Gasteiger partial charge in [-0.05, 0) is 6.92 Å². The summed E-state index contributed by atoms with van der Waals surface area (Å²) in [5.74, 6) is -1.01. The molecule has 0 aliphatic carbocycles. The monoisotopic (exact) mass is 166 g/mol. The summed E-state index contributed by atoms with van der Waals surface area (Å²) in [5.41, 5.74) is 1.48. The van der Waals surface area contributed by atoms with Crippen LogP contribution in [-0.2, 0) is 11.8 Å². The van der Waals surface area contributed by atoms with Crippen LogP contribution in [0.2, 0.25) is 0 Å². The van der Waals surface area contributed by atoms with E-state index in [2.05, 4.69) is 11.7 Å². The van der Waals surface area contributed by atoms with Gasteiger partial charge in [-0.25, -0.2) is 4.79 Å². The van der Waals surface area contributed by atoms with E-state index in [0.717, 1.165) is 5.69 Å². The van der Waals surface area contributed by atoms with Gasteiger partial charge in [0.25, 0.3) is 0 Å². The third kappa shape index (κ3) is 1.23. The van der Waals surface area contributed by atoms with Crippen LogP contribution < -0.4 is 0 Å². The molecule has 0 bridgehead atoms. The molecule has 0 aromatic carbocycles. The van der Waals surface area contributed by atoms with Crippen molar-refractivity contribution in [3.05, 3.63) is 24.0 Å². The van der Waals surface area contributed by atoms with Crippen molar-refractivity contribution in [1.29, 1.82) is 0 Å². The minimum atomic E-state index is -1.01. The first-order valence-corrected chi connectivity index (χ1v) is 3.45. The van der Waals surface area contributed by atoms with Gasteiger partial charge in [0, 0.05) is 18.3 Å². The van der Waals surface area contributed by atoms with Crippen molar-refractivity contribution in [1.82, 2.24) is 9.78 Å². The van der Waals surface area contributed by atoms with E-state index in [0.29, 0.717) is 5.56 Å². The maximum Gasteiger partial charge on any atom is 0.335 e. The molecule has 0 saturated heterocycles. The average molecular weight is 166 g/mol. The Morgan fingerprint density at radius 2 is 2.33 bits per heavy atom. The Morgan fingerprint density at radius 3 is 2.67 bits per heavy atom. The average Bonchev–Trinajstić information content (AvgIpc) is 2.32. The van der Waals surface area contributed by atoms with E-state index >= 15 is 0 Å². The lowest BCUT2D eigenvalue weighted by Gasteiger charge is -1.98. The van der Waals surface area contributed by atoms with Crippen LogP contribution in [0, 0.1) is 6.92 Å². The fraction of sp³-hybridized carbons (Fsp3) is 0.250. The first kappa shape index (κ1) is 8.52. The predicted octanol–water partition coefficient (Wildman–Crippen LogP) is 0.826. The van der Waals surface area contributed by atoms with Crippen LogP contribution in [0.25, 0.3) is 5.57 Å². The number of carboxylic acid groups (broad SMARTS) is 1. The third-order valence-electron chi connectivity index (χ3n) is 1.82. The van der Waals surface area contributed by atoms with E-state index in [1.807, 2.05) is 0 Å². The zero-order chi connectivity index (χ0) is 9.30. The number of aryl methyl sites for hydroxylation is 1. The number of aliphatic carboxylic acids is 1. The molecule has 0 unspecified atom stereocenters. The Balaban J connectivity index is 3.12. The van der Waals surface area contributed by atoms with Crippen LogP contribution in [0.3, 0.4) is 0 Å². The van der Waals surface area contributed by atoms with Crippen molar-refractivity contribution in [2.45, 2.75) is 6.92 Å². The molecule has 0 fully saturated rings. The summed E-state index contributed by atoms with van der Waals surface area (Å²) in [6.45, 7) is 5.25. The SMILES string of the molecule is C=C(C(=O)O)c1cnn(C)c1C. The molecule has 0 aliphatic heterocycles. The second kappa shape index (κ2) is 2.81. The van der Waals surface area contributed by atoms with Crippen LogP contribution in [0.4, 0.5) is 0 Å². The molecule has 0 radical (unpaired) electrons. The molecule has 1 N–H and O–H groups in total. The van der Waals surface area contributed by atoms with Crippen molar-refractivity contribution < 1.29 is 9.90 Å². The number of carbonyl (C=O) groups is 1. The van der Waals surface area contributed by atoms with Gasteiger partial charge in [-0.15, -0.1) is 0 Å². The summed E-state index contributed by atoms with van der Waals surface area (Å²) in [7, 11) is 1.76. The van der Waals surface area contributed by atoms with Crippen molar-refractivity contribution in [3.63, 3.8) is 0 Å². The van der Waals surface area contributed by atoms with Crippen molar-refractivity contribution >= 4 is 11.5 Å². The summed E-state index contributed by atoms with van der Waals surface area (Å²) < 4.78 is 1.61. The molecule has 1 rings (SSSR count). The minimum Gasteiger partial charge on any atom is -0.478 e. The molecule has 1 aromatic heterocycles. The quantitative estimate of drug-likeness (QED) is 0.662. The Hall–Kier alpha value is -1.58. The molecule has 0 amide bonds. The lowest BCUT2D eigenvalue weighted by atomic mass is 10.1. The zero-order valence-electron chi connectivity index (χ0n) is 7.03. The van der Waals surface area contributed by atoms with Crippen LogP contribution >= 0.6 is 0 Å². The fourth-order valence-corrected chi connectivity index (χ4v) is 0.910. The molecule has 1 aromatic rings. The predicted molar refractivity (Wildman–Crippen MR) is 44.6 cm³/mol. The highest BCUT2D eigenvalue weighted by Gasteiger charge is 2.12. The molecule has 64 valence electrons. The maximum absolute atomic E-state index is 10.5. The van der Waals surface area contributed by atoms with E-state index in [4.69, 9.17) is 5.11 Å². The lowest BCUT2D eigenvalue weighted by Crippen LogP contribution is -2.00. The van der Waals surface area contributed by atoms with Gasteiger partial charge in [0.15, 0.2) is 0 Å². The fourth-order valence-electron chi connectivity index (χ4n) is 0.910. The summed E-state index contributed by atoms with van der Waals surface area (Å²) in [6, 6.07) is 0. The highest BCUT2D eigenvalue weighted by Crippen LogP contribution is 2.15. The van der Waals surface area contributed by atoms with Gasteiger partial charge in [0.2, 0.25) is 0 Å². The highest BCUT2D eigenvalue weighted by molar-refractivity contribution is 6.14. The third-order valence-corrected chi connectivity index (χ3v) is 1.82. The van der Waals surface area contributed by atoms with Crippen LogP contribution in [0.15, 0.2) is 12.8 Å². The molecule has 0 atom stereocenters. The van der Waals surface area contributed by atoms with Gasteiger partial charge >= 0.3 is 5.97 Å². The Bertz CT molecular complexity index is 339. The summed E-state index contributed by atoms with van der Waals surface area (Å²) in [6.07, 6.45) is 1.51. The first-order valence-electron chi connectivity index (χ1n) is 3.45. The van der Waals surface area contributed by atoms with Gasteiger partial charge < -0.3 is 5.11 Å². The van der Waals surface area contributed by atoms with Crippen LogP contribution in [0.5, 0.6) is 0 Å². The Labute approximate surface area is 70.1 Å². The largest absolute Gasteiger partial charge is 0.478 e. The molecule has 1 heterocycles. The maximum atomic E-state index is 10.5. The van der Waals surface area contributed by atoms with E-state index in [1.54, 1.807) is 18.7 Å². The second-order valence-electron chi connectivity index (χ2n) is 2.55.